The summed E-state index contributed by atoms with van der Waals surface area (Å²) in [6.45, 7) is 1.90. The summed E-state index contributed by atoms with van der Waals surface area (Å²) in [5, 5.41) is 9.79. The quantitative estimate of drug-likeness (QED) is 0.488. The van der Waals surface area contributed by atoms with E-state index in [-0.39, 0.29) is 5.91 Å². The average molecular weight is 438 g/mol. The summed E-state index contributed by atoms with van der Waals surface area (Å²) in [5.74, 6) is 1.51. The van der Waals surface area contributed by atoms with E-state index >= 15 is 0 Å². The molecule has 1 aliphatic rings. The Hall–Kier alpha value is -2.67. The number of hydrogen-bond donors (Lipinski definition) is 0. The van der Waals surface area contributed by atoms with E-state index in [1.807, 2.05) is 46.1 Å². The summed E-state index contributed by atoms with van der Waals surface area (Å²) in [6.07, 6.45) is 5.84. The average Bonchev–Trinajstić information content (AvgIpc) is 3.32. The zero-order valence-corrected chi connectivity index (χ0v) is 16.9. The number of rotatable bonds is 3. The zero-order valence-electron chi connectivity index (χ0n) is 15.3. The summed E-state index contributed by atoms with van der Waals surface area (Å²) in [4.78, 5) is 14.8. The molecule has 0 radical (unpaired) electrons. The normalized spacial score (nSPS) is 15.5. The van der Waals surface area contributed by atoms with Crippen LogP contribution in [0.1, 0.15) is 24.6 Å². The highest BCUT2D eigenvalue weighted by molar-refractivity contribution is 9.10. The Morgan fingerprint density at radius 1 is 1.07 bits per heavy atom. The molecule has 28 heavy (non-hydrogen) atoms. The van der Waals surface area contributed by atoms with Gasteiger partial charge in [0.15, 0.2) is 5.65 Å². The first kappa shape index (κ1) is 17.4. The predicted octanol–water partition coefficient (Wildman–Crippen LogP) is 3.85. The number of hydrogen-bond acceptors (Lipinski definition) is 3. The Morgan fingerprint density at radius 3 is 2.79 bits per heavy atom. The molecule has 7 heteroatoms. The second-order valence-electron chi connectivity index (χ2n) is 7.29. The van der Waals surface area contributed by atoms with Gasteiger partial charge in [0.05, 0.1) is 0 Å². The number of carbonyl (C=O) groups excluding carboxylic acids is 1. The molecule has 1 amide bonds. The molecular weight excluding hydrogens is 418 g/mol. The van der Waals surface area contributed by atoms with Crippen molar-refractivity contribution < 1.29 is 4.79 Å². The van der Waals surface area contributed by atoms with Crippen LogP contribution in [0.2, 0.25) is 0 Å². The maximum atomic E-state index is 12.8. The number of benzene rings is 1. The molecule has 1 aromatic carbocycles. The Labute approximate surface area is 170 Å². The number of aromatic nitrogens is 4. The lowest BCUT2D eigenvalue weighted by Crippen LogP contribution is -2.40. The van der Waals surface area contributed by atoms with Gasteiger partial charge in [0.2, 0.25) is 5.91 Å². The SMILES string of the molecule is O=C(Cn1ccc2cc(Br)ccc21)N1CCC(c2nnc3ccccn23)CC1. The van der Waals surface area contributed by atoms with Crippen molar-refractivity contribution in [2.75, 3.05) is 13.1 Å². The molecule has 3 aromatic heterocycles. The third kappa shape index (κ3) is 3.09. The summed E-state index contributed by atoms with van der Waals surface area (Å²) >= 11 is 3.50. The molecule has 0 saturated carbocycles. The fraction of sp³-hybridized carbons (Fsp3) is 0.286. The molecule has 6 nitrogen and oxygen atoms in total. The number of pyridine rings is 1. The van der Waals surface area contributed by atoms with Crippen LogP contribution in [0.5, 0.6) is 0 Å². The van der Waals surface area contributed by atoms with Gasteiger partial charge in [-0.15, -0.1) is 10.2 Å². The smallest absolute Gasteiger partial charge is 0.242 e. The first-order valence-electron chi connectivity index (χ1n) is 9.51. The second-order valence-corrected chi connectivity index (χ2v) is 8.20. The van der Waals surface area contributed by atoms with Crippen molar-refractivity contribution in [1.29, 1.82) is 0 Å². The second kappa shape index (κ2) is 7.05. The highest BCUT2D eigenvalue weighted by atomic mass is 79.9. The van der Waals surface area contributed by atoms with Gasteiger partial charge < -0.3 is 9.47 Å². The lowest BCUT2D eigenvalue weighted by atomic mass is 9.96. The van der Waals surface area contributed by atoms with Crippen molar-refractivity contribution in [3.05, 3.63) is 65.2 Å². The van der Waals surface area contributed by atoms with E-state index < -0.39 is 0 Å². The topological polar surface area (TPSA) is 55.4 Å². The molecule has 4 aromatic rings. The highest BCUT2D eigenvalue weighted by Gasteiger charge is 2.27. The first-order chi connectivity index (χ1) is 13.7. The molecule has 5 rings (SSSR count). The van der Waals surface area contributed by atoms with Gasteiger partial charge in [0.1, 0.15) is 12.4 Å². The largest absolute Gasteiger partial charge is 0.341 e. The minimum Gasteiger partial charge on any atom is -0.341 e. The summed E-state index contributed by atoms with van der Waals surface area (Å²) in [5.41, 5.74) is 1.96. The minimum absolute atomic E-state index is 0.171. The van der Waals surface area contributed by atoms with Gasteiger partial charge in [-0.2, -0.15) is 0 Å². The van der Waals surface area contributed by atoms with E-state index in [4.69, 9.17) is 0 Å². The number of likely N-dealkylation sites (tertiary alicyclic amines) is 1. The van der Waals surface area contributed by atoms with Crippen LogP contribution in [0.4, 0.5) is 0 Å². The molecular formula is C21H20BrN5O. The number of fused-ring (bicyclic) bond motifs is 2. The molecule has 4 heterocycles. The van der Waals surface area contributed by atoms with Gasteiger partial charge in [-0.25, -0.2) is 0 Å². The summed E-state index contributed by atoms with van der Waals surface area (Å²) < 4.78 is 5.14. The van der Waals surface area contributed by atoms with E-state index in [9.17, 15) is 4.79 Å². The van der Waals surface area contributed by atoms with E-state index in [0.717, 1.165) is 52.8 Å². The summed E-state index contributed by atoms with van der Waals surface area (Å²) in [7, 11) is 0. The number of halogens is 1. The van der Waals surface area contributed by atoms with Crippen molar-refractivity contribution >= 4 is 38.4 Å². The molecule has 142 valence electrons. The third-order valence-corrected chi connectivity index (χ3v) is 6.08. The van der Waals surface area contributed by atoms with Crippen LogP contribution in [0.15, 0.2) is 59.3 Å². The first-order valence-corrected chi connectivity index (χ1v) is 10.3. The van der Waals surface area contributed by atoms with Crippen molar-refractivity contribution in [1.82, 2.24) is 24.1 Å². The van der Waals surface area contributed by atoms with E-state index in [1.165, 1.54) is 0 Å². The van der Waals surface area contributed by atoms with Gasteiger partial charge in [0.25, 0.3) is 0 Å². The summed E-state index contributed by atoms with van der Waals surface area (Å²) in [6, 6.07) is 14.1. The Morgan fingerprint density at radius 2 is 1.93 bits per heavy atom. The Bertz CT molecular complexity index is 1160. The maximum absolute atomic E-state index is 12.8. The standard InChI is InChI=1S/C21H20BrN5O/c22-17-4-5-18-16(13-17)8-12-26(18)14-20(28)25-10-6-15(7-11-25)21-24-23-19-3-1-2-9-27(19)21/h1-5,8-9,12-13,15H,6-7,10-11,14H2. The van der Waals surface area contributed by atoms with Crippen LogP contribution in [0.3, 0.4) is 0 Å². The number of piperidine rings is 1. The molecule has 1 saturated heterocycles. The third-order valence-electron chi connectivity index (χ3n) is 5.59. The van der Waals surface area contributed by atoms with Crippen molar-refractivity contribution in [3.8, 4) is 0 Å². The molecule has 0 spiro atoms. The fourth-order valence-electron chi connectivity index (χ4n) is 4.08. The molecule has 1 fully saturated rings. The molecule has 0 unspecified atom stereocenters. The molecule has 0 N–H and O–H groups in total. The van der Waals surface area contributed by atoms with Crippen molar-refractivity contribution in [2.24, 2.45) is 0 Å². The van der Waals surface area contributed by atoms with Crippen LogP contribution in [-0.2, 0) is 11.3 Å². The Kier molecular flexibility index (Phi) is 4.39. The van der Waals surface area contributed by atoms with Crippen LogP contribution >= 0.6 is 15.9 Å². The molecule has 1 aliphatic heterocycles. The Balaban J connectivity index is 1.26. The molecule has 0 bridgehead atoms. The number of nitrogens with zero attached hydrogens (tertiary/aromatic N) is 5. The van der Waals surface area contributed by atoms with E-state index in [1.54, 1.807) is 0 Å². The molecule has 0 aliphatic carbocycles. The van der Waals surface area contributed by atoms with Crippen LogP contribution in [-0.4, -0.2) is 43.1 Å². The van der Waals surface area contributed by atoms with Gasteiger partial charge in [-0.3, -0.25) is 9.20 Å². The predicted molar refractivity (Wildman–Crippen MR) is 111 cm³/mol. The lowest BCUT2D eigenvalue weighted by molar-refractivity contribution is -0.132. The van der Waals surface area contributed by atoms with Gasteiger partial charge in [0, 0.05) is 46.8 Å². The van der Waals surface area contributed by atoms with Gasteiger partial charge in [-0.05, 0) is 49.2 Å². The zero-order chi connectivity index (χ0) is 19.1. The lowest BCUT2D eigenvalue weighted by Gasteiger charge is -2.31. The number of amides is 1. The maximum Gasteiger partial charge on any atom is 0.242 e. The number of carbonyl (C=O) groups is 1. The van der Waals surface area contributed by atoms with E-state index in [0.29, 0.717) is 12.5 Å². The molecule has 0 atom stereocenters. The van der Waals surface area contributed by atoms with E-state index in [2.05, 4.69) is 48.7 Å². The van der Waals surface area contributed by atoms with Crippen LogP contribution in [0, 0.1) is 0 Å². The van der Waals surface area contributed by atoms with Gasteiger partial charge >= 0.3 is 0 Å². The van der Waals surface area contributed by atoms with Crippen LogP contribution < -0.4 is 0 Å². The van der Waals surface area contributed by atoms with Crippen molar-refractivity contribution in [3.63, 3.8) is 0 Å². The monoisotopic (exact) mass is 437 g/mol. The minimum atomic E-state index is 0.171. The van der Waals surface area contributed by atoms with Crippen molar-refractivity contribution in [2.45, 2.75) is 25.3 Å². The fourth-order valence-corrected chi connectivity index (χ4v) is 4.46. The van der Waals surface area contributed by atoms with Crippen LogP contribution in [0.25, 0.3) is 16.6 Å². The highest BCUT2D eigenvalue weighted by Crippen LogP contribution is 2.27. The van der Waals surface area contributed by atoms with Gasteiger partial charge in [-0.1, -0.05) is 22.0 Å².